The molecule has 0 aliphatic carbocycles. The van der Waals surface area contributed by atoms with Gasteiger partial charge in [-0.2, -0.15) is 0 Å². The highest BCUT2D eigenvalue weighted by molar-refractivity contribution is 7.94. The van der Waals surface area contributed by atoms with Gasteiger partial charge in [-0.3, -0.25) is 14.3 Å². The van der Waals surface area contributed by atoms with Crippen molar-refractivity contribution in [2.45, 2.75) is 10.6 Å². The summed E-state index contributed by atoms with van der Waals surface area (Å²) in [6.07, 6.45) is 0.102. The minimum Gasteiger partial charge on any atom is -0.484 e. The SMILES string of the molecule is NC(=O)COc1cccc(NC(=O)Cc2ccc(NS(=O)(=O)c3cccs3)cc2)c1. The molecule has 1 heterocycles. The molecular weight excluding hydrogens is 426 g/mol. The van der Waals surface area contributed by atoms with Gasteiger partial charge in [-0.1, -0.05) is 24.3 Å². The van der Waals surface area contributed by atoms with Crippen molar-refractivity contribution in [1.29, 1.82) is 0 Å². The molecular formula is C20H19N3O5S2. The monoisotopic (exact) mass is 445 g/mol. The summed E-state index contributed by atoms with van der Waals surface area (Å²) in [5, 5.41) is 4.43. The van der Waals surface area contributed by atoms with Gasteiger partial charge in [-0.25, -0.2) is 8.42 Å². The van der Waals surface area contributed by atoms with Crippen LogP contribution < -0.4 is 20.5 Å². The summed E-state index contributed by atoms with van der Waals surface area (Å²) in [5.74, 6) is -0.437. The van der Waals surface area contributed by atoms with E-state index in [9.17, 15) is 18.0 Å². The standard InChI is InChI=1S/C20H19N3O5S2/c21-18(24)13-28-17-4-1-3-16(12-17)22-19(25)11-14-6-8-15(9-7-14)23-30(26,27)20-5-2-10-29-20/h1-10,12,23H,11,13H2,(H2,21,24)(H,22,25). The largest absolute Gasteiger partial charge is 0.484 e. The minimum atomic E-state index is -3.61. The van der Waals surface area contributed by atoms with E-state index in [0.29, 0.717) is 22.7 Å². The quantitative estimate of drug-likeness (QED) is 0.466. The van der Waals surface area contributed by atoms with Gasteiger partial charge in [0.1, 0.15) is 9.96 Å². The van der Waals surface area contributed by atoms with Crippen LogP contribution in [0.15, 0.2) is 70.3 Å². The van der Waals surface area contributed by atoms with E-state index in [1.807, 2.05) is 0 Å². The van der Waals surface area contributed by atoms with E-state index in [1.54, 1.807) is 60.0 Å². The van der Waals surface area contributed by atoms with Crippen LogP contribution in [0.5, 0.6) is 5.75 Å². The topological polar surface area (TPSA) is 128 Å². The molecule has 30 heavy (non-hydrogen) atoms. The summed E-state index contributed by atoms with van der Waals surface area (Å²) in [4.78, 5) is 23.1. The third-order valence-corrected chi connectivity index (χ3v) is 6.61. The molecule has 2 aromatic carbocycles. The second-order valence-corrected chi connectivity index (χ2v) is 9.10. The smallest absolute Gasteiger partial charge is 0.271 e. The lowest BCUT2D eigenvalue weighted by Gasteiger charge is -2.09. The average Bonchev–Trinajstić information content (AvgIpc) is 3.24. The highest BCUT2D eigenvalue weighted by atomic mass is 32.2. The van der Waals surface area contributed by atoms with Gasteiger partial charge in [0.2, 0.25) is 5.91 Å². The van der Waals surface area contributed by atoms with E-state index >= 15 is 0 Å². The van der Waals surface area contributed by atoms with Crippen LogP contribution in [0.4, 0.5) is 11.4 Å². The van der Waals surface area contributed by atoms with Crippen LogP contribution in [0.25, 0.3) is 0 Å². The van der Waals surface area contributed by atoms with E-state index in [1.165, 1.54) is 6.07 Å². The Morgan fingerprint density at radius 3 is 2.43 bits per heavy atom. The van der Waals surface area contributed by atoms with Gasteiger partial charge in [0, 0.05) is 17.4 Å². The maximum absolute atomic E-state index is 12.3. The Balaban J connectivity index is 1.57. The van der Waals surface area contributed by atoms with Crippen molar-refractivity contribution in [1.82, 2.24) is 0 Å². The molecule has 3 aromatic rings. The first-order chi connectivity index (χ1) is 14.3. The number of nitrogens with two attached hydrogens (primary N) is 1. The fraction of sp³-hybridized carbons (Fsp3) is 0.100. The van der Waals surface area contributed by atoms with Crippen LogP contribution in [-0.4, -0.2) is 26.8 Å². The normalized spacial score (nSPS) is 10.9. The van der Waals surface area contributed by atoms with Crippen LogP contribution in [0.3, 0.4) is 0 Å². The first-order valence-electron chi connectivity index (χ1n) is 8.78. The van der Waals surface area contributed by atoms with Gasteiger partial charge in [-0.15, -0.1) is 11.3 Å². The van der Waals surface area contributed by atoms with Crippen LogP contribution in [0, 0.1) is 0 Å². The van der Waals surface area contributed by atoms with Gasteiger partial charge in [0.25, 0.3) is 15.9 Å². The molecule has 10 heteroatoms. The number of anilines is 2. The fourth-order valence-electron chi connectivity index (χ4n) is 2.52. The Bertz CT molecular complexity index is 1130. The molecule has 1 aromatic heterocycles. The highest BCUT2D eigenvalue weighted by Gasteiger charge is 2.15. The first kappa shape index (κ1) is 21.3. The van der Waals surface area contributed by atoms with Gasteiger partial charge in [0.15, 0.2) is 6.61 Å². The van der Waals surface area contributed by atoms with Crippen LogP contribution in [0.2, 0.25) is 0 Å². The molecule has 0 aliphatic rings. The van der Waals surface area contributed by atoms with E-state index in [-0.39, 0.29) is 23.1 Å². The van der Waals surface area contributed by atoms with Crippen molar-refractivity contribution in [2.24, 2.45) is 5.73 Å². The van der Waals surface area contributed by atoms with Crippen molar-refractivity contribution < 1.29 is 22.7 Å². The highest BCUT2D eigenvalue weighted by Crippen LogP contribution is 2.21. The zero-order valence-corrected chi connectivity index (χ0v) is 17.3. The van der Waals surface area contributed by atoms with E-state index in [2.05, 4.69) is 10.0 Å². The number of nitrogens with one attached hydrogen (secondary N) is 2. The van der Waals surface area contributed by atoms with Gasteiger partial charge in [0.05, 0.1) is 6.42 Å². The van der Waals surface area contributed by atoms with Crippen LogP contribution in [-0.2, 0) is 26.0 Å². The van der Waals surface area contributed by atoms with E-state index in [0.717, 1.165) is 11.3 Å². The van der Waals surface area contributed by atoms with E-state index < -0.39 is 15.9 Å². The fourth-order valence-corrected chi connectivity index (χ4v) is 4.57. The number of ether oxygens (including phenoxy) is 1. The third kappa shape index (κ3) is 6.06. The van der Waals surface area contributed by atoms with Crippen molar-refractivity contribution in [3.8, 4) is 5.75 Å². The number of carbonyl (C=O) groups excluding carboxylic acids is 2. The first-order valence-corrected chi connectivity index (χ1v) is 11.1. The zero-order valence-electron chi connectivity index (χ0n) is 15.7. The lowest BCUT2D eigenvalue weighted by atomic mass is 10.1. The lowest BCUT2D eigenvalue weighted by molar-refractivity contribution is -0.120. The molecule has 0 aliphatic heterocycles. The molecule has 8 nitrogen and oxygen atoms in total. The Morgan fingerprint density at radius 1 is 1.00 bits per heavy atom. The van der Waals surface area contributed by atoms with Crippen molar-refractivity contribution in [3.63, 3.8) is 0 Å². The molecule has 0 saturated carbocycles. The molecule has 0 unspecified atom stereocenters. The number of thiophene rings is 1. The number of hydrogen-bond donors (Lipinski definition) is 3. The molecule has 4 N–H and O–H groups in total. The van der Waals surface area contributed by atoms with Gasteiger partial charge < -0.3 is 15.8 Å². The Morgan fingerprint density at radius 2 is 1.77 bits per heavy atom. The number of hydrogen-bond acceptors (Lipinski definition) is 6. The second-order valence-electron chi connectivity index (χ2n) is 6.24. The zero-order chi connectivity index (χ0) is 21.6. The maximum Gasteiger partial charge on any atom is 0.271 e. The molecule has 0 saturated heterocycles. The molecule has 0 fully saturated rings. The Hall–Kier alpha value is -3.37. The van der Waals surface area contributed by atoms with Gasteiger partial charge in [-0.05, 0) is 41.3 Å². The number of amides is 2. The molecule has 3 rings (SSSR count). The summed E-state index contributed by atoms with van der Waals surface area (Å²) >= 11 is 1.13. The minimum absolute atomic E-state index is 0.102. The summed E-state index contributed by atoms with van der Waals surface area (Å²) in [5.41, 5.74) is 6.68. The summed E-state index contributed by atoms with van der Waals surface area (Å²) in [6, 6.07) is 16.4. The van der Waals surface area contributed by atoms with Gasteiger partial charge >= 0.3 is 0 Å². The number of sulfonamides is 1. The number of carbonyl (C=O) groups is 2. The lowest BCUT2D eigenvalue weighted by Crippen LogP contribution is -2.20. The molecule has 156 valence electrons. The number of benzene rings is 2. The molecule has 2 amide bonds. The summed E-state index contributed by atoms with van der Waals surface area (Å²) < 4.78 is 32.4. The third-order valence-electron chi connectivity index (χ3n) is 3.83. The maximum atomic E-state index is 12.3. The molecule has 0 radical (unpaired) electrons. The van der Waals surface area contributed by atoms with Crippen molar-refractivity contribution in [3.05, 3.63) is 71.6 Å². The summed E-state index contributed by atoms with van der Waals surface area (Å²) in [6.45, 7) is -0.250. The van der Waals surface area contributed by atoms with Crippen molar-refractivity contribution >= 4 is 44.5 Å². The Labute approximate surface area is 177 Å². The summed E-state index contributed by atoms with van der Waals surface area (Å²) in [7, 11) is -3.61. The number of rotatable bonds is 9. The van der Waals surface area contributed by atoms with Crippen LogP contribution in [0.1, 0.15) is 5.56 Å². The molecule has 0 spiro atoms. The average molecular weight is 446 g/mol. The predicted octanol–water partition coefficient (Wildman–Crippen LogP) is 2.59. The number of primary amides is 1. The van der Waals surface area contributed by atoms with Crippen molar-refractivity contribution in [2.75, 3.05) is 16.6 Å². The predicted molar refractivity (Wildman–Crippen MR) is 115 cm³/mol. The van der Waals surface area contributed by atoms with Crippen LogP contribution >= 0.6 is 11.3 Å². The Kier molecular flexibility index (Phi) is 6.70. The molecule has 0 atom stereocenters. The second kappa shape index (κ2) is 9.42. The van der Waals surface area contributed by atoms with E-state index in [4.69, 9.17) is 10.5 Å². The molecule has 0 bridgehead atoms.